The van der Waals surface area contributed by atoms with Gasteiger partial charge in [0.2, 0.25) is 0 Å². The van der Waals surface area contributed by atoms with Gasteiger partial charge in [0.25, 0.3) is 0 Å². The summed E-state index contributed by atoms with van der Waals surface area (Å²) in [6.45, 7) is 5.10. The summed E-state index contributed by atoms with van der Waals surface area (Å²) < 4.78 is 13.5. The van der Waals surface area contributed by atoms with Crippen LogP contribution in [0, 0.1) is 11.2 Å². The number of benzene rings is 1. The summed E-state index contributed by atoms with van der Waals surface area (Å²) in [5.74, 6) is -0.183. The molecule has 2 rings (SSSR count). The maximum absolute atomic E-state index is 13.5. The maximum Gasteiger partial charge on any atom is 0.127 e. The van der Waals surface area contributed by atoms with E-state index in [1.165, 1.54) is 25.3 Å². The van der Waals surface area contributed by atoms with Gasteiger partial charge in [-0.2, -0.15) is 0 Å². The lowest BCUT2D eigenvalue weighted by atomic mass is 9.87. The van der Waals surface area contributed by atoms with E-state index in [1.54, 1.807) is 12.1 Å². The van der Waals surface area contributed by atoms with Crippen LogP contribution in [0.5, 0.6) is 0 Å². The first kappa shape index (κ1) is 12.8. The minimum Gasteiger partial charge on any atom is -0.309 e. The minimum absolute atomic E-state index is 0.183. The van der Waals surface area contributed by atoms with E-state index in [-0.39, 0.29) is 5.82 Å². The molecule has 0 saturated heterocycles. The topological polar surface area (TPSA) is 12.0 Å². The summed E-state index contributed by atoms with van der Waals surface area (Å²) in [4.78, 5) is 0. The van der Waals surface area contributed by atoms with Crippen LogP contribution in [0.25, 0.3) is 0 Å². The summed E-state index contributed by atoms with van der Waals surface area (Å²) >= 11 is 5.87. The Morgan fingerprint density at radius 2 is 2.24 bits per heavy atom. The highest BCUT2D eigenvalue weighted by atomic mass is 35.5. The van der Waals surface area contributed by atoms with Crippen LogP contribution >= 0.6 is 11.6 Å². The normalized spacial score (nSPS) is 22.9. The van der Waals surface area contributed by atoms with Crippen molar-refractivity contribution < 1.29 is 4.39 Å². The average Bonchev–Trinajstić information content (AvgIpc) is 2.59. The molecule has 1 N–H and O–H groups in total. The summed E-state index contributed by atoms with van der Waals surface area (Å²) in [7, 11) is 0. The molecule has 17 heavy (non-hydrogen) atoms. The SMILES string of the molecule is CC1(C)CCCC1NCc1cc(Cl)ccc1F. The van der Waals surface area contributed by atoms with E-state index >= 15 is 0 Å². The summed E-state index contributed by atoms with van der Waals surface area (Å²) in [6, 6.07) is 5.19. The van der Waals surface area contributed by atoms with Gasteiger partial charge in [0.05, 0.1) is 0 Å². The number of nitrogens with one attached hydrogen (secondary N) is 1. The number of hydrogen-bond acceptors (Lipinski definition) is 1. The fourth-order valence-corrected chi connectivity index (χ4v) is 2.81. The molecular weight excluding hydrogens is 237 g/mol. The van der Waals surface area contributed by atoms with Gasteiger partial charge in [-0.25, -0.2) is 4.39 Å². The second kappa shape index (κ2) is 4.95. The quantitative estimate of drug-likeness (QED) is 0.856. The molecule has 94 valence electrons. The van der Waals surface area contributed by atoms with Crippen LogP contribution in [0.4, 0.5) is 4.39 Å². The molecule has 0 amide bonds. The molecule has 0 radical (unpaired) electrons. The van der Waals surface area contributed by atoms with Crippen molar-refractivity contribution in [1.29, 1.82) is 0 Å². The molecule has 1 unspecified atom stereocenters. The second-order valence-electron chi connectivity index (χ2n) is 5.55. The highest BCUT2D eigenvalue weighted by molar-refractivity contribution is 6.30. The van der Waals surface area contributed by atoms with Crippen LogP contribution < -0.4 is 5.32 Å². The van der Waals surface area contributed by atoms with Gasteiger partial charge >= 0.3 is 0 Å². The summed E-state index contributed by atoms with van der Waals surface area (Å²) in [5, 5.41) is 4.05. The van der Waals surface area contributed by atoms with Crippen LogP contribution in [0.3, 0.4) is 0 Å². The van der Waals surface area contributed by atoms with Gasteiger partial charge < -0.3 is 5.32 Å². The van der Waals surface area contributed by atoms with E-state index in [2.05, 4.69) is 19.2 Å². The fraction of sp³-hybridized carbons (Fsp3) is 0.571. The van der Waals surface area contributed by atoms with Gasteiger partial charge in [0, 0.05) is 23.2 Å². The Hall–Kier alpha value is -0.600. The Morgan fingerprint density at radius 3 is 2.88 bits per heavy atom. The smallest absolute Gasteiger partial charge is 0.127 e. The molecule has 3 heteroatoms. The Morgan fingerprint density at radius 1 is 1.47 bits per heavy atom. The minimum atomic E-state index is -0.183. The van der Waals surface area contributed by atoms with E-state index in [4.69, 9.17) is 11.6 Å². The van der Waals surface area contributed by atoms with Gasteiger partial charge in [-0.05, 0) is 36.5 Å². The molecule has 1 aromatic carbocycles. The van der Waals surface area contributed by atoms with Crippen molar-refractivity contribution in [3.05, 3.63) is 34.6 Å². The molecule has 1 atom stereocenters. The van der Waals surface area contributed by atoms with Crippen LogP contribution in [0.2, 0.25) is 5.02 Å². The molecule has 1 nitrogen and oxygen atoms in total. The zero-order valence-electron chi connectivity index (χ0n) is 10.4. The van der Waals surface area contributed by atoms with Crippen molar-refractivity contribution in [1.82, 2.24) is 5.32 Å². The van der Waals surface area contributed by atoms with Crippen molar-refractivity contribution in [2.45, 2.75) is 45.7 Å². The van der Waals surface area contributed by atoms with E-state index in [0.29, 0.717) is 28.6 Å². The van der Waals surface area contributed by atoms with Gasteiger partial charge in [-0.1, -0.05) is 31.9 Å². The molecule has 1 aliphatic rings. The summed E-state index contributed by atoms with van der Waals surface area (Å²) in [6.07, 6.45) is 3.67. The molecular formula is C14H19ClFN. The second-order valence-corrected chi connectivity index (χ2v) is 5.99. The van der Waals surface area contributed by atoms with Crippen molar-refractivity contribution in [3.8, 4) is 0 Å². The summed E-state index contributed by atoms with van der Waals surface area (Å²) in [5.41, 5.74) is 0.967. The Balaban J connectivity index is 2.00. The number of halogens is 2. The first-order valence-corrected chi connectivity index (χ1v) is 6.54. The lowest BCUT2D eigenvalue weighted by Gasteiger charge is -2.28. The highest BCUT2D eigenvalue weighted by Gasteiger charge is 2.33. The Bertz CT molecular complexity index is 403. The van der Waals surface area contributed by atoms with Crippen LogP contribution in [0.1, 0.15) is 38.7 Å². The molecule has 1 aromatic rings. The number of hydrogen-bond donors (Lipinski definition) is 1. The highest BCUT2D eigenvalue weighted by Crippen LogP contribution is 2.37. The molecule has 0 heterocycles. The predicted molar refractivity (Wildman–Crippen MR) is 69.7 cm³/mol. The molecule has 1 fully saturated rings. The third kappa shape index (κ3) is 2.99. The van der Waals surface area contributed by atoms with Gasteiger partial charge in [-0.15, -0.1) is 0 Å². The molecule has 1 aliphatic carbocycles. The Labute approximate surface area is 107 Å². The van der Waals surface area contributed by atoms with E-state index in [1.807, 2.05) is 0 Å². The number of rotatable bonds is 3. The molecule has 0 aliphatic heterocycles. The zero-order valence-corrected chi connectivity index (χ0v) is 11.1. The largest absolute Gasteiger partial charge is 0.309 e. The molecule has 1 saturated carbocycles. The average molecular weight is 256 g/mol. The van der Waals surface area contributed by atoms with Crippen molar-refractivity contribution >= 4 is 11.6 Å². The van der Waals surface area contributed by atoms with Gasteiger partial charge in [0.15, 0.2) is 0 Å². The Kier molecular flexibility index (Phi) is 3.74. The lowest BCUT2D eigenvalue weighted by Crippen LogP contribution is -2.37. The molecule has 0 aromatic heterocycles. The maximum atomic E-state index is 13.5. The van der Waals surface area contributed by atoms with Crippen molar-refractivity contribution in [2.24, 2.45) is 5.41 Å². The lowest BCUT2D eigenvalue weighted by molar-refractivity contribution is 0.281. The third-order valence-corrected chi connectivity index (χ3v) is 4.04. The molecule has 0 bridgehead atoms. The first-order chi connectivity index (χ1) is 7.99. The van der Waals surface area contributed by atoms with Crippen LogP contribution in [-0.2, 0) is 6.54 Å². The third-order valence-electron chi connectivity index (χ3n) is 3.80. The van der Waals surface area contributed by atoms with Crippen LogP contribution in [-0.4, -0.2) is 6.04 Å². The van der Waals surface area contributed by atoms with E-state index in [9.17, 15) is 4.39 Å². The first-order valence-electron chi connectivity index (χ1n) is 6.16. The van der Waals surface area contributed by atoms with Gasteiger partial charge in [0.1, 0.15) is 5.82 Å². The van der Waals surface area contributed by atoms with Crippen molar-refractivity contribution in [2.75, 3.05) is 0 Å². The predicted octanol–water partition coefficient (Wildman–Crippen LogP) is 4.15. The van der Waals surface area contributed by atoms with Crippen molar-refractivity contribution in [3.63, 3.8) is 0 Å². The fourth-order valence-electron chi connectivity index (χ4n) is 2.62. The van der Waals surface area contributed by atoms with E-state index in [0.717, 1.165) is 0 Å². The van der Waals surface area contributed by atoms with Crippen LogP contribution in [0.15, 0.2) is 18.2 Å². The van der Waals surface area contributed by atoms with Gasteiger partial charge in [-0.3, -0.25) is 0 Å². The monoisotopic (exact) mass is 255 g/mol. The zero-order chi connectivity index (χ0) is 12.5. The molecule has 0 spiro atoms. The van der Waals surface area contributed by atoms with E-state index < -0.39 is 0 Å². The standard InChI is InChI=1S/C14H19ClFN/c1-14(2)7-3-4-13(14)17-9-10-8-11(15)5-6-12(10)16/h5-6,8,13,17H,3-4,7,9H2,1-2H3.